The molecule has 0 bridgehead atoms. The Morgan fingerprint density at radius 2 is 1.92 bits per heavy atom. The van der Waals surface area contributed by atoms with Crippen molar-refractivity contribution >= 4 is 39.0 Å². The number of aryl methyl sites for hydroxylation is 2. The molecule has 3 aliphatic rings. The van der Waals surface area contributed by atoms with Crippen LogP contribution in [0.15, 0.2) is 28.1 Å². The molecule has 1 aromatic rings. The Kier molecular flexibility index (Phi) is 9.51. The number of aliphatic imine (C=N–C) groups is 1. The third kappa shape index (κ3) is 6.95. The molecule has 2 aliphatic heterocycles. The Hall–Kier alpha value is -1.99. The minimum Gasteiger partial charge on any atom is -0.593 e. The first-order chi connectivity index (χ1) is 18.1. The van der Waals surface area contributed by atoms with E-state index in [1.54, 1.807) is 12.1 Å². The van der Waals surface area contributed by atoms with Crippen LogP contribution in [0.2, 0.25) is 0 Å². The molecule has 1 unspecified atom stereocenters. The number of nitrogens with one attached hydrogen (secondary N) is 3. The highest BCUT2D eigenvalue weighted by molar-refractivity contribution is 7.89. The van der Waals surface area contributed by atoms with Gasteiger partial charge < -0.3 is 15.2 Å². The van der Waals surface area contributed by atoms with Crippen molar-refractivity contribution in [2.24, 2.45) is 10.9 Å². The number of hydrogen-bond donors (Lipinski definition) is 3. The SMILES string of the molecule is CC(=O)NCCN[S+]([O-])c1ccc(CCS(=O)(=O)N2CCC3(CC2)N=C(C2CCCCC2)NC3=O)c(C)c1. The van der Waals surface area contributed by atoms with Gasteiger partial charge in [-0.25, -0.2) is 12.7 Å². The molecule has 1 spiro atoms. The predicted molar refractivity (Wildman–Crippen MR) is 147 cm³/mol. The van der Waals surface area contributed by atoms with Crippen LogP contribution in [0.1, 0.15) is 63.0 Å². The molecule has 3 N–H and O–H groups in total. The van der Waals surface area contributed by atoms with E-state index in [0.29, 0.717) is 43.2 Å². The van der Waals surface area contributed by atoms with Gasteiger partial charge in [0.1, 0.15) is 11.4 Å². The average Bonchev–Trinajstić information content (AvgIpc) is 3.21. The molecule has 10 nitrogen and oxygen atoms in total. The molecule has 210 valence electrons. The molecular weight excluding hydrogens is 526 g/mol. The highest BCUT2D eigenvalue weighted by atomic mass is 32.2. The Morgan fingerprint density at radius 1 is 1.21 bits per heavy atom. The highest BCUT2D eigenvalue weighted by Gasteiger charge is 2.48. The standard InChI is InChI=1S/C26H39N5O5S2/c1-19-18-23(37(34)28-14-13-27-20(2)32)9-8-21(19)10-17-38(35,36)31-15-11-26(12-16-31)25(33)29-24(30-26)22-6-4-3-5-7-22/h8-9,18,22,28H,3-7,10-17H2,1-2H3,(H,27,32)(H,29,30,33). The number of nitrogens with zero attached hydrogens (tertiary/aromatic N) is 2. The zero-order valence-corrected chi connectivity index (χ0v) is 23.9. The van der Waals surface area contributed by atoms with Crippen molar-refractivity contribution in [2.75, 3.05) is 31.9 Å². The monoisotopic (exact) mass is 565 g/mol. The van der Waals surface area contributed by atoms with Gasteiger partial charge >= 0.3 is 0 Å². The van der Waals surface area contributed by atoms with Gasteiger partial charge in [0.15, 0.2) is 4.90 Å². The number of carbonyl (C=O) groups is 2. The maximum atomic E-state index is 13.1. The number of piperidine rings is 1. The Morgan fingerprint density at radius 3 is 2.58 bits per heavy atom. The van der Waals surface area contributed by atoms with Crippen molar-refractivity contribution in [3.05, 3.63) is 29.3 Å². The second kappa shape index (κ2) is 12.5. The first kappa shape index (κ1) is 29.0. The van der Waals surface area contributed by atoms with Gasteiger partial charge in [0.05, 0.1) is 23.7 Å². The summed E-state index contributed by atoms with van der Waals surface area (Å²) in [6.07, 6.45) is 6.83. The van der Waals surface area contributed by atoms with Crippen LogP contribution in [-0.4, -0.2) is 72.4 Å². The second-order valence-corrected chi connectivity index (χ2v) is 13.9. The summed E-state index contributed by atoms with van der Waals surface area (Å²) in [6.45, 7) is 4.64. The minimum absolute atomic E-state index is 0.0268. The zero-order chi connectivity index (χ0) is 27.3. The summed E-state index contributed by atoms with van der Waals surface area (Å²) < 4.78 is 43.1. The summed E-state index contributed by atoms with van der Waals surface area (Å²) in [6, 6.07) is 5.36. The lowest BCUT2D eigenvalue weighted by Gasteiger charge is -2.34. The summed E-state index contributed by atoms with van der Waals surface area (Å²) in [5.41, 5.74) is 0.939. The molecule has 12 heteroatoms. The van der Waals surface area contributed by atoms with Crippen LogP contribution in [0.25, 0.3) is 0 Å². The number of benzene rings is 1. The van der Waals surface area contributed by atoms with Gasteiger partial charge in [-0.3, -0.25) is 14.6 Å². The zero-order valence-electron chi connectivity index (χ0n) is 22.3. The number of rotatable bonds is 10. The molecule has 38 heavy (non-hydrogen) atoms. The van der Waals surface area contributed by atoms with E-state index in [9.17, 15) is 22.6 Å². The third-order valence-electron chi connectivity index (χ3n) is 7.82. The lowest BCUT2D eigenvalue weighted by molar-refractivity contribution is -0.125. The molecule has 1 aromatic carbocycles. The molecule has 1 saturated carbocycles. The fourth-order valence-corrected chi connectivity index (χ4v) is 7.89. The maximum Gasteiger partial charge on any atom is 0.253 e. The number of amides is 2. The molecule has 1 saturated heterocycles. The van der Waals surface area contributed by atoms with E-state index in [-0.39, 0.29) is 30.7 Å². The first-order valence-electron chi connectivity index (χ1n) is 13.5. The summed E-state index contributed by atoms with van der Waals surface area (Å²) in [4.78, 5) is 29.2. The molecule has 0 aromatic heterocycles. The van der Waals surface area contributed by atoms with Crippen molar-refractivity contribution < 1.29 is 22.6 Å². The van der Waals surface area contributed by atoms with Gasteiger partial charge in [0.25, 0.3) is 5.91 Å². The molecule has 2 amide bonds. The number of hydrogen-bond acceptors (Lipinski definition) is 7. The Labute approximate surface area is 228 Å². The maximum absolute atomic E-state index is 13.1. The van der Waals surface area contributed by atoms with E-state index in [4.69, 9.17) is 4.99 Å². The van der Waals surface area contributed by atoms with Crippen molar-refractivity contribution in [3.63, 3.8) is 0 Å². The number of amidine groups is 1. The summed E-state index contributed by atoms with van der Waals surface area (Å²) in [5.74, 6) is 0.890. The summed E-state index contributed by atoms with van der Waals surface area (Å²) in [7, 11) is -3.50. The predicted octanol–water partition coefficient (Wildman–Crippen LogP) is 1.56. The van der Waals surface area contributed by atoms with E-state index in [1.165, 1.54) is 17.6 Å². The van der Waals surface area contributed by atoms with E-state index in [1.807, 2.05) is 13.0 Å². The van der Waals surface area contributed by atoms with Crippen LogP contribution in [0.4, 0.5) is 0 Å². The highest BCUT2D eigenvalue weighted by Crippen LogP contribution is 2.35. The lowest BCUT2D eigenvalue weighted by Crippen LogP contribution is -2.51. The third-order valence-corrected chi connectivity index (χ3v) is 10.8. The van der Waals surface area contributed by atoms with Gasteiger partial charge in [-0.1, -0.05) is 25.3 Å². The number of carbonyl (C=O) groups excluding carboxylic acids is 2. The van der Waals surface area contributed by atoms with E-state index >= 15 is 0 Å². The molecule has 1 atom stereocenters. The van der Waals surface area contributed by atoms with Crippen molar-refractivity contribution in [1.29, 1.82) is 0 Å². The fourth-order valence-electron chi connectivity index (χ4n) is 5.48. The van der Waals surface area contributed by atoms with Crippen molar-refractivity contribution in [3.8, 4) is 0 Å². The van der Waals surface area contributed by atoms with Crippen LogP contribution < -0.4 is 15.4 Å². The van der Waals surface area contributed by atoms with E-state index < -0.39 is 26.9 Å². The van der Waals surface area contributed by atoms with Gasteiger partial charge in [-0.2, -0.15) is 0 Å². The average molecular weight is 566 g/mol. The van der Waals surface area contributed by atoms with Crippen LogP contribution in [0.3, 0.4) is 0 Å². The number of sulfonamides is 1. The topological polar surface area (TPSA) is 143 Å². The Bertz CT molecular complexity index is 1160. The van der Waals surface area contributed by atoms with E-state index in [0.717, 1.165) is 42.6 Å². The summed E-state index contributed by atoms with van der Waals surface area (Å²) in [5, 5.41) is 5.66. The lowest BCUT2D eigenvalue weighted by atomic mass is 9.88. The first-order valence-corrected chi connectivity index (χ1v) is 16.2. The second-order valence-electron chi connectivity index (χ2n) is 10.5. The van der Waals surface area contributed by atoms with Gasteiger partial charge in [0, 0.05) is 32.5 Å². The molecular formula is C26H39N5O5S2. The van der Waals surface area contributed by atoms with Crippen molar-refractivity contribution in [1.82, 2.24) is 19.7 Å². The Balaban J connectivity index is 1.29. The van der Waals surface area contributed by atoms with Crippen LogP contribution >= 0.6 is 0 Å². The van der Waals surface area contributed by atoms with E-state index in [2.05, 4.69) is 15.4 Å². The summed E-state index contributed by atoms with van der Waals surface area (Å²) >= 11 is -1.42. The van der Waals surface area contributed by atoms with Crippen LogP contribution in [0.5, 0.6) is 0 Å². The quantitative estimate of drug-likeness (QED) is 0.290. The van der Waals surface area contributed by atoms with Gasteiger partial charge in [0.2, 0.25) is 15.9 Å². The molecule has 4 rings (SSSR count). The smallest absolute Gasteiger partial charge is 0.253 e. The van der Waals surface area contributed by atoms with Crippen LogP contribution in [0, 0.1) is 12.8 Å². The van der Waals surface area contributed by atoms with Crippen molar-refractivity contribution in [2.45, 2.75) is 75.6 Å². The largest absolute Gasteiger partial charge is 0.593 e. The molecule has 0 radical (unpaired) electrons. The fraction of sp³-hybridized carbons (Fsp3) is 0.654. The van der Waals surface area contributed by atoms with Gasteiger partial charge in [-0.05, 0) is 62.3 Å². The minimum atomic E-state index is -3.50. The molecule has 2 fully saturated rings. The van der Waals surface area contributed by atoms with Gasteiger partial charge in [-0.15, -0.1) is 4.72 Å². The normalized spacial score (nSPS) is 21.2. The van der Waals surface area contributed by atoms with Crippen LogP contribution in [-0.2, 0) is 37.4 Å². The molecule has 1 aliphatic carbocycles. The molecule has 2 heterocycles.